The molecule has 0 spiro atoms. The van der Waals surface area contributed by atoms with Gasteiger partial charge in [-0.3, -0.25) is 0 Å². The van der Waals surface area contributed by atoms with E-state index in [0.717, 1.165) is 73.8 Å². The van der Waals surface area contributed by atoms with Crippen LogP contribution >= 0.6 is 0 Å². The molecule has 0 unspecified atom stereocenters. The molecule has 0 fully saturated rings. The third-order valence-electron chi connectivity index (χ3n) is 7.15. The van der Waals surface area contributed by atoms with Gasteiger partial charge in [-0.15, -0.1) is 0 Å². The standard InChI is InChI=1S/C31H14F14N4O7/c1-52-19-11-15(22(50)53-17-6-2-13(3-7-17)20-46-24(55-48-20)26(32,33)28(36,37)30(40,41)42)10-16(12-19)23(51)54-18-8-4-14(5-9-18)21-47-25(56-49-21)27(34,35)29(38,39)31(43,44)45/h2-12H,1H3. The molecule has 0 radical (unpaired) electrons. The minimum atomic E-state index is -6.66. The molecule has 2 heterocycles. The molecular formula is C31H14F14N4O7. The van der Waals surface area contributed by atoms with Crippen molar-refractivity contribution in [2.45, 2.75) is 36.0 Å². The van der Waals surface area contributed by atoms with Crippen molar-refractivity contribution < 1.29 is 94.3 Å². The topological polar surface area (TPSA) is 140 Å². The molecule has 2 aromatic heterocycles. The van der Waals surface area contributed by atoms with E-state index in [4.69, 9.17) is 14.2 Å². The van der Waals surface area contributed by atoms with E-state index in [9.17, 15) is 71.1 Å². The summed E-state index contributed by atoms with van der Waals surface area (Å²) in [6.07, 6.45) is -13.3. The second-order valence-corrected chi connectivity index (χ2v) is 10.9. The normalized spacial score (nSPS) is 13.1. The molecule has 3 aromatic carbocycles. The highest BCUT2D eigenvalue weighted by atomic mass is 19.4. The summed E-state index contributed by atoms with van der Waals surface area (Å²) in [5.74, 6) is -34.1. The van der Waals surface area contributed by atoms with Gasteiger partial charge in [-0.05, 0) is 66.7 Å². The predicted molar refractivity (Wildman–Crippen MR) is 152 cm³/mol. The maximum atomic E-state index is 13.9. The number of halogens is 14. The monoisotopic (exact) mass is 820 g/mol. The smallest absolute Gasteiger partial charge is 0.460 e. The van der Waals surface area contributed by atoms with E-state index in [1.54, 1.807) is 0 Å². The number of benzene rings is 3. The summed E-state index contributed by atoms with van der Waals surface area (Å²) in [7, 11) is 1.16. The molecule has 0 amide bonds. The largest absolute Gasteiger partial charge is 0.497 e. The molecule has 5 aromatic rings. The first kappa shape index (κ1) is 40.9. The van der Waals surface area contributed by atoms with E-state index < -0.39 is 71.4 Å². The zero-order valence-electron chi connectivity index (χ0n) is 26.8. The van der Waals surface area contributed by atoms with Crippen LogP contribution in [-0.4, -0.2) is 63.5 Å². The summed E-state index contributed by atoms with van der Waals surface area (Å²) in [6.45, 7) is 0. The molecule has 0 atom stereocenters. The molecule has 0 bridgehead atoms. The van der Waals surface area contributed by atoms with E-state index in [-0.39, 0.29) is 39.5 Å². The van der Waals surface area contributed by atoms with Crippen molar-refractivity contribution in [1.29, 1.82) is 0 Å². The van der Waals surface area contributed by atoms with Gasteiger partial charge in [-0.1, -0.05) is 10.3 Å². The van der Waals surface area contributed by atoms with Crippen molar-refractivity contribution in [3.05, 3.63) is 89.6 Å². The number of hydrogen-bond donors (Lipinski definition) is 0. The molecular weight excluding hydrogens is 806 g/mol. The van der Waals surface area contributed by atoms with Crippen LogP contribution in [0.5, 0.6) is 17.2 Å². The van der Waals surface area contributed by atoms with E-state index >= 15 is 0 Å². The molecule has 0 aliphatic rings. The highest BCUT2D eigenvalue weighted by Crippen LogP contribution is 2.52. The summed E-state index contributed by atoms with van der Waals surface area (Å²) < 4.78 is 207. The Morgan fingerprint density at radius 2 is 0.857 bits per heavy atom. The molecule has 0 aliphatic carbocycles. The Morgan fingerprint density at radius 1 is 0.518 bits per heavy atom. The van der Waals surface area contributed by atoms with Crippen molar-refractivity contribution in [1.82, 2.24) is 20.3 Å². The van der Waals surface area contributed by atoms with Crippen molar-refractivity contribution in [2.24, 2.45) is 0 Å². The molecule has 11 nitrogen and oxygen atoms in total. The number of hydrogen-bond acceptors (Lipinski definition) is 11. The van der Waals surface area contributed by atoms with Gasteiger partial charge in [0.15, 0.2) is 0 Å². The van der Waals surface area contributed by atoms with Crippen LogP contribution in [0.1, 0.15) is 32.5 Å². The maximum absolute atomic E-state index is 13.9. The highest BCUT2D eigenvalue weighted by molar-refractivity contribution is 5.97. The fourth-order valence-corrected chi connectivity index (χ4v) is 4.19. The van der Waals surface area contributed by atoms with Gasteiger partial charge in [0.05, 0.1) is 18.2 Å². The average molecular weight is 820 g/mol. The molecule has 0 N–H and O–H groups in total. The number of carbonyl (C=O) groups excluding carboxylic acids is 2. The summed E-state index contributed by atoms with van der Waals surface area (Å²) in [5, 5.41) is 5.96. The SMILES string of the molecule is COc1cc(C(=O)Oc2ccc(-c3noc(C(F)(F)C(F)(F)C(F)(F)F)n3)cc2)cc(C(=O)Oc2ccc(-c3noc(C(F)(F)C(F)(F)C(F)(F)F)n3)cc2)c1. The number of ether oxygens (including phenoxy) is 3. The lowest BCUT2D eigenvalue weighted by Crippen LogP contribution is -2.50. The van der Waals surface area contributed by atoms with Crippen molar-refractivity contribution in [3.8, 4) is 40.0 Å². The predicted octanol–water partition coefficient (Wildman–Crippen LogP) is 8.81. The van der Waals surface area contributed by atoms with Gasteiger partial charge >= 0.3 is 59.8 Å². The number of alkyl halides is 14. The van der Waals surface area contributed by atoms with Crippen molar-refractivity contribution >= 4 is 11.9 Å². The van der Waals surface area contributed by atoms with Crippen molar-refractivity contribution in [2.75, 3.05) is 7.11 Å². The second kappa shape index (κ2) is 14.1. The average Bonchev–Trinajstić information content (AvgIpc) is 3.83. The van der Waals surface area contributed by atoms with Crippen LogP contribution < -0.4 is 14.2 Å². The number of esters is 2. The van der Waals surface area contributed by atoms with Gasteiger partial charge in [-0.2, -0.15) is 71.4 Å². The Morgan fingerprint density at radius 3 is 1.16 bits per heavy atom. The Kier molecular flexibility index (Phi) is 10.3. The van der Waals surface area contributed by atoms with Gasteiger partial charge < -0.3 is 23.3 Å². The van der Waals surface area contributed by atoms with Crippen LogP contribution in [0.15, 0.2) is 75.8 Å². The first-order valence-electron chi connectivity index (χ1n) is 14.5. The lowest BCUT2D eigenvalue weighted by molar-refractivity contribution is -0.364. The molecule has 298 valence electrons. The van der Waals surface area contributed by atoms with Gasteiger partial charge in [0, 0.05) is 11.1 Å². The summed E-state index contributed by atoms with van der Waals surface area (Å²) in [4.78, 5) is 31.7. The van der Waals surface area contributed by atoms with E-state index in [0.29, 0.717) is 0 Å². The van der Waals surface area contributed by atoms with Crippen LogP contribution in [0.3, 0.4) is 0 Å². The number of nitrogens with zero attached hydrogens (tertiary/aromatic N) is 4. The zero-order valence-corrected chi connectivity index (χ0v) is 26.8. The molecule has 5 rings (SSSR count). The molecule has 0 aliphatic heterocycles. The lowest BCUT2D eigenvalue weighted by atomic mass is 10.1. The van der Waals surface area contributed by atoms with Gasteiger partial charge in [0.25, 0.3) is 0 Å². The molecule has 56 heavy (non-hydrogen) atoms. The van der Waals surface area contributed by atoms with Crippen LogP contribution in [0.2, 0.25) is 0 Å². The Hall–Kier alpha value is -6.30. The summed E-state index contributed by atoms with van der Waals surface area (Å²) in [5.41, 5.74) is -1.15. The Bertz CT molecular complexity index is 2080. The van der Waals surface area contributed by atoms with Crippen molar-refractivity contribution in [3.63, 3.8) is 0 Å². The molecule has 0 saturated heterocycles. The van der Waals surface area contributed by atoms with Gasteiger partial charge in [-0.25, -0.2) is 9.59 Å². The van der Waals surface area contributed by atoms with Crippen LogP contribution in [0.25, 0.3) is 22.8 Å². The number of methoxy groups -OCH3 is 1. The zero-order chi connectivity index (χ0) is 41.6. The summed E-state index contributed by atoms with van der Waals surface area (Å²) >= 11 is 0. The van der Waals surface area contributed by atoms with E-state index in [2.05, 4.69) is 29.3 Å². The van der Waals surface area contributed by atoms with Crippen LogP contribution in [0, 0.1) is 0 Å². The van der Waals surface area contributed by atoms with Gasteiger partial charge in [0.2, 0.25) is 11.6 Å². The number of aromatic nitrogens is 4. The minimum absolute atomic E-state index is 0.0845. The molecule has 0 saturated carbocycles. The number of carbonyl (C=O) groups is 2. The first-order chi connectivity index (χ1) is 25.8. The number of rotatable bonds is 11. The third kappa shape index (κ3) is 7.51. The van der Waals surface area contributed by atoms with Crippen LogP contribution in [0.4, 0.5) is 61.5 Å². The van der Waals surface area contributed by atoms with Crippen LogP contribution in [-0.2, 0) is 11.8 Å². The lowest BCUT2D eigenvalue weighted by Gasteiger charge is -2.25. The Labute approximate surface area is 299 Å². The minimum Gasteiger partial charge on any atom is -0.497 e. The fraction of sp³-hybridized carbons (Fsp3) is 0.226. The fourth-order valence-electron chi connectivity index (χ4n) is 4.19. The molecule has 25 heteroatoms. The first-order valence-corrected chi connectivity index (χ1v) is 14.5. The van der Waals surface area contributed by atoms with E-state index in [1.165, 1.54) is 0 Å². The maximum Gasteiger partial charge on any atom is 0.460 e. The second-order valence-electron chi connectivity index (χ2n) is 10.9. The Balaban J connectivity index is 1.26. The summed E-state index contributed by atoms with van der Waals surface area (Å²) in [6, 6.07) is 11.3. The quantitative estimate of drug-likeness (QED) is 0.0718. The van der Waals surface area contributed by atoms with Gasteiger partial charge in [0.1, 0.15) is 17.2 Å². The van der Waals surface area contributed by atoms with E-state index in [1.807, 2.05) is 0 Å². The highest BCUT2D eigenvalue weighted by Gasteiger charge is 2.77. The third-order valence-corrected chi connectivity index (χ3v) is 7.15.